The van der Waals surface area contributed by atoms with Gasteiger partial charge in [-0.3, -0.25) is 0 Å². The van der Waals surface area contributed by atoms with E-state index in [1.807, 2.05) is 55.5 Å². The lowest BCUT2D eigenvalue weighted by atomic mass is 9.81. The Labute approximate surface area is 253 Å². The van der Waals surface area contributed by atoms with Crippen LogP contribution < -0.4 is 0 Å². The molecule has 0 saturated carbocycles. The summed E-state index contributed by atoms with van der Waals surface area (Å²) >= 11 is 4.68. The largest absolute Gasteiger partial charge is 0.206 e. The van der Waals surface area contributed by atoms with Gasteiger partial charge in [0.05, 0.1) is 16.4 Å². The van der Waals surface area contributed by atoms with E-state index >= 15 is 8.78 Å². The molecule has 0 saturated heterocycles. The normalized spacial score (nSPS) is 14.1. The number of isothiocyanates is 1. The van der Waals surface area contributed by atoms with Gasteiger partial charge < -0.3 is 0 Å². The number of benzene rings is 4. The lowest BCUT2D eigenvalue weighted by Crippen LogP contribution is -2.14. The van der Waals surface area contributed by atoms with E-state index in [9.17, 15) is 0 Å². The molecule has 0 amide bonds. The van der Waals surface area contributed by atoms with Gasteiger partial charge in [-0.2, -0.15) is 4.99 Å². The number of aliphatic imine (C=N–C) groups is 1. The fourth-order valence-corrected chi connectivity index (χ4v) is 5.72. The summed E-state index contributed by atoms with van der Waals surface area (Å²) in [6.45, 7) is 4.21. The van der Waals surface area contributed by atoms with Crippen LogP contribution in [0.1, 0.15) is 71.6 Å². The zero-order chi connectivity index (χ0) is 29.5. The van der Waals surface area contributed by atoms with Crippen LogP contribution in [-0.4, -0.2) is 5.16 Å². The highest BCUT2D eigenvalue weighted by atomic mass is 32.1. The monoisotopic (exact) mass is 573 g/mol. The second-order valence-corrected chi connectivity index (χ2v) is 11.2. The van der Waals surface area contributed by atoms with E-state index < -0.39 is 11.6 Å². The average Bonchev–Trinajstić information content (AvgIpc) is 2.99. The molecule has 4 aromatic carbocycles. The topological polar surface area (TPSA) is 12.4 Å². The van der Waals surface area contributed by atoms with Crippen molar-refractivity contribution in [2.24, 2.45) is 10.9 Å². The summed E-state index contributed by atoms with van der Waals surface area (Å²) in [7, 11) is 0. The number of halogens is 2. The fourth-order valence-electron chi connectivity index (χ4n) is 5.62. The van der Waals surface area contributed by atoms with Crippen molar-refractivity contribution in [1.82, 2.24) is 0 Å². The average molecular weight is 574 g/mol. The summed E-state index contributed by atoms with van der Waals surface area (Å²) in [5.41, 5.74) is 8.13. The van der Waals surface area contributed by atoms with Crippen molar-refractivity contribution >= 4 is 35.2 Å². The first-order valence-corrected chi connectivity index (χ1v) is 14.9. The maximum atomic E-state index is 15.1. The molecule has 210 valence electrons. The first-order chi connectivity index (χ1) is 20.4. The molecule has 1 nitrogen and oxygen atoms in total. The number of rotatable bonds is 7. The number of fused-ring (bicyclic) bond motifs is 1. The highest BCUT2D eigenvalue weighted by molar-refractivity contribution is 7.78. The van der Waals surface area contributed by atoms with Gasteiger partial charge in [-0.1, -0.05) is 86.6 Å². The quantitative estimate of drug-likeness (QED) is 0.0927. The maximum Gasteiger partial charge on any atom is 0.135 e. The van der Waals surface area contributed by atoms with Crippen molar-refractivity contribution in [3.8, 4) is 23.0 Å². The van der Waals surface area contributed by atoms with E-state index in [0.29, 0.717) is 11.1 Å². The molecule has 5 rings (SSSR count). The molecule has 0 aromatic heterocycles. The molecule has 0 aliphatic heterocycles. The molecule has 4 aromatic rings. The Balaban J connectivity index is 1.28. The Bertz CT molecular complexity index is 1710. The van der Waals surface area contributed by atoms with Crippen LogP contribution in [-0.2, 0) is 12.8 Å². The highest BCUT2D eigenvalue weighted by Crippen LogP contribution is 2.30. The van der Waals surface area contributed by atoms with Crippen LogP contribution in [0.25, 0.3) is 23.3 Å². The molecule has 4 heteroatoms. The first kappa shape index (κ1) is 29.3. The summed E-state index contributed by atoms with van der Waals surface area (Å²) in [6.07, 6.45) is 11.2. The summed E-state index contributed by atoms with van der Waals surface area (Å²) in [5, 5.41) is 2.39. The van der Waals surface area contributed by atoms with Crippen LogP contribution in [0.3, 0.4) is 0 Å². The molecule has 0 N–H and O–H groups in total. The lowest BCUT2D eigenvalue weighted by molar-refractivity contribution is 0.413. The van der Waals surface area contributed by atoms with E-state index in [1.165, 1.54) is 48.9 Å². The predicted octanol–water partition coefficient (Wildman–Crippen LogP) is 10.5. The third-order valence-corrected chi connectivity index (χ3v) is 8.04. The third-order valence-electron chi connectivity index (χ3n) is 7.95. The van der Waals surface area contributed by atoms with Crippen molar-refractivity contribution < 1.29 is 8.78 Å². The second-order valence-electron chi connectivity index (χ2n) is 11.0. The zero-order valence-electron chi connectivity index (χ0n) is 24.0. The van der Waals surface area contributed by atoms with E-state index in [4.69, 9.17) is 0 Å². The smallest absolute Gasteiger partial charge is 0.135 e. The third kappa shape index (κ3) is 7.18. The lowest BCUT2D eigenvalue weighted by Gasteiger charge is -2.24. The number of hydrogen-bond acceptors (Lipinski definition) is 2. The highest BCUT2D eigenvalue weighted by Gasteiger charge is 2.18. The fraction of sp³-hybridized carbons (Fsp3) is 0.237. The minimum absolute atomic E-state index is 0.0483. The number of nitrogens with zero attached hydrogens (tertiary/aromatic N) is 1. The van der Waals surface area contributed by atoms with Gasteiger partial charge in [0.25, 0.3) is 0 Å². The van der Waals surface area contributed by atoms with Crippen molar-refractivity contribution in [3.63, 3.8) is 0 Å². The van der Waals surface area contributed by atoms with Gasteiger partial charge in [-0.05, 0) is 114 Å². The second kappa shape index (κ2) is 13.7. The summed E-state index contributed by atoms with van der Waals surface area (Å²) in [6, 6.07) is 22.0. The molecule has 1 aliphatic rings. The summed E-state index contributed by atoms with van der Waals surface area (Å²) < 4.78 is 30.3. The standard InChI is InChI=1S/C38H33F2NS/c1-3-4-5-28-12-17-34-22-30(13-18-33(34)21-28)8-9-31-23-35(39)38(36(40)24-31)32-15-10-27(11-16-32)6-7-29-14-19-37(41-25-42)26(2)20-29/h6-7,10-11,13-16,18-20,22-24,28H,3-5,12,17,21H2,1-2H3/b7-6+. The molecule has 1 unspecified atom stereocenters. The Kier molecular flexibility index (Phi) is 9.55. The zero-order valence-corrected chi connectivity index (χ0v) is 24.8. The van der Waals surface area contributed by atoms with E-state index in [2.05, 4.69) is 53.3 Å². The molecule has 0 bridgehead atoms. The van der Waals surface area contributed by atoms with Crippen LogP contribution in [0.15, 0.2) is 77.8 Å². The van der Waals surface area contributed by atoms with Crippen molar-refractivity contribution in [1.29, 1.82) is 0 Å². The van der Waals surface area contributed by atoms with Gasteiger partial charge in [-0.25, -0.2) is 8.78 Å². The molecular weight excluding hydrogens is 540 g/mol. The minimum Gasteiger partial charge on any atom is -0.206 e. The van der Waals surface area contributed by atoms with Crippen LogP contribution in [0.4, 0.5) is 14.5 Å². The van der Waals surface area contributed by atoms with Crippen LogP contribution in [0, 0.1) is 36.3 Å². The molecular formula is C38H33F2NS. The van der Waals surface area contributed by atoms with Gasteiger partial charge in [0, 0.05) is 11.1 Å². The Morgan fingerprint density at radius 1 is 0.857 bits per heavy atom. The summed E-state index contributed by atoms with van der Waals surface area (Å²) in [4.78, 5) is 4.04. The Morgan fingerprint density at radius 2 is 1.57 bits per heavy atom. The van der Waals surface area contributed by atoms with E-state index in [1.54, 1.807) is 12.1 Å². The molecule has 0 fully saturated rings. The van der Waals surface area contributed by atoms with Gasteiger partial charge in [-0.15, -0.1) is 0 Å². The van der Waals surface area contributed by atoms with Crippen LogP contribution in [0.5, 0.6) is 0 Å². The molecule has 1 aliphatic carbocycles. The van der Waals surface area contributed by atoms with E-state index in [0.717, 1.165) is 46.7 Å². The molecule has 0 heterocycles. The molecule has 0 spiro atoms. The van der Waals surface area contributed by atoms with E-state index in [-0.39, 0.29) is 5.56 Å². The van der Waals surface area contributed by atoms with Gasteiger partial charge >= 0.3 is 0 Å². The first-order valence-electron chi connectivity index (χ1n) is 14.5. The Morgan fingerprint density at radius 3 is 2.29 bits per heavy atom. The predicted molar refractivity (Wildman–Crippen MR) is 174 cm³/mol. The minimum atomic E-state index is -0.624. The number of unbranched alkanes of at least 4 members (excludes halogenated alkanes) is 1. The molecule has 0 radical (unpaired) electrons. The SMILES string of the molecule is CCCCC1CCc2cc(C#Cc3cc(F)c(-c4ccc(/C=C/c5ccc(N=C=S)c(C)c5)cc4)c(F)c3)ccc2C1. The van der Waals surface area contributed by atoms with Gasteiger partial charge in [0.15, 0.2) is 0 Å². The molecule has 42 heavy (non-hydrogen) atoms. The van der Waals surface area contributed by atoms with Crippen molar-refractivity contribution in [2.45, 2.75) is 52.4 Å². The van der Waals surface area contributed by atoms with Crippen LogP contribution in [0.2, 0.25) is 0 Å². The Hall–Kier alpha value is -4.16. The number of aryl methyl sites for hydroxylation is 2. The number of thiocarbonyl (C=S) groups is 1. The van der Waals surface area contributed by atoms with Crippen molar-refractivity contribution in [3.05, 3.63) is 123 Å². The van der Waals surface area contributed by atoms with Crippen molar-refractivity contribution in [2.75, 3.05) is 0 Å². The maximum absolute atomic E-state index is 15.1. The molecule has 1 atom stereocenters. The van der Waals surface area contributed by atoms with Crippen LogP contribution >= 0.6 is 12.2 Å². The summed E-state index contributed by atoms with van der Waals surface area (Å²) in [5.74, 6) is 5.61. The number of hydrogen-bond donors (Lipinski definition) is 0. The van der Waals surface area contributed by atoms with Gasteiger partial charge in [0.2, 0.25) is 0 Å². The van der Waals surface area contributed by atoms with Gasteiger partial charge in [0.1, 0.15) is 11.6 Å².